The lowest BCUT2D eigenvalue weighted by molar-refractivity contribution is 0.424. The molecule has 21 heavy (non-hydrogen) atoms. The molecule has 0 spiro atoms. The first-order chi connectivity index (χ1) is 9.85. The highest BCUT2D eigenvalue weighted by Crippen LogP contribution is 2.29. The van der Waals surface area contributed by atoms with E-state index in [2.05, 4.69) is 4.72 Å². The fourth-order valence-electron chi connectivity index (χ4n) is 3.06. The molecule has 1 fully saturated rings. The Balaban J connectivity index is 2.28. The lowest BCUT2D eigenvalue weighted by atomic mass is 10.0. The topological polar surface area (TPSA) is 72.2 Å². The Hall–Kier alpha value is -0.620. The van der Waals surface area contributed by atoms with Gasteiger partial charge < -0.3 is 5.73 Å². The Labute approximate surface area is 132 Å². The third-order valence-corrected chi connectivity index (χ3v) is 6.29. The molecule has 0 aromatic heterocycles. The molecule has 0 radical (unpaired) electrons. The molecule has 0 amide bonds. The number of hydrogen-bond donors (Lipinski definition) is 2. The highest BCUT2D eigenvalue weighted by Gasteiger charge is 2.27. The van der Waals surface area contributed by atoms with Gasteiger partial charge in [0.15, 0.2) is 0 Å². The summed E-state index contributed by atoms with van der Waals surface area (Å²) in [5, 5.41) is 0.398. The Morgan fingerprint density at radius 3 is 2.57 bits per heavy atom. The van der Waals surface area contributed by atoms with Gasteiger partial charge in [0, 0.05) is 17.6 Å². The van der Waals surface area contributed by atoms with Crippen LogP contribution in [-0.4, -0.2) is 14.5 Å². The van der Waals surface area contributed by atoms with Gasteiger partial charge in [-0.3, -0.25) is 0 Å². The summed E-state index contributed by atoms with van der Waals surface area (Å²) in [5.74, 6) is 0.424. The quantitative estimate of drug-likeness (QED) is 0.871. The Bertz CT molecular complexity index is 610. The minimum Gasteiger partial charge on any atom is -0.326 e. The molecule has 1 aromatic carbocycles. The Morgan fingerprint density at radius 2 is 2.00 bits per heavy atom. The fourth-order valence-corrected chi connectivity index (χ4v) is 4.99. The SMILES string of the molecule is Cc1c(CN)cc(Cl)cc1S(=O)(=O)NC(C)C1CCCC1. The van der Waals surface area contributed by atoms with Crippen LogP contribution in [0.2, 0.25) is 5.02 Å². The normalized spacial score (nSPS) is 18.1. The largest absolute Gasteiger partial charge is 0.326 e. The molecule has 2 rings (SSSR count). The highest BCUT2D eigenvalue weighted by molar-refractivity contribution is 7.89. The van der Waals surface area contributed by atoms with Crippen LogP contribution >= 0.6 is 11.6 Å². The summed E-state index contributed by atoms with van der Waals surface area (Å²) in [6, 6.07) is 3.16. The van der Waals surface area contributed by atoms with Crippen molar-refractivity contribution in [3.8, 4) is 0 Å². The third-order valence-electron chi connectivity index (χ3n) is 4.39. The van der Waals surface area contributed by atoms with E-state index in [0.717, 1.165) is 18.4 Å². The van der Waals surface area contributed by atoms with E-state index in [1.807, 2.05) is 6.92 Å². The summed E-state index contributed by atoms with van der Waals surface area (Å²) in [6.45, 7) is 3.98. The van der Waals surface area contributed by atoms with E-state index in [0.29, 0.717) is 16.5 Å². The van der Waals surface area contributed by atoms with Gasteiger partial charge in [0.1, 0.15) is 0 Å². The van der Waals surface area contributed by atoms with Crippen LogP contribution in [0, 0.1) is 12.8 Å². The van der Waals surface area contributed by atoms with Gasteiger partial charge in [0.2, 0.25) is 10.0 Å². The first kappa shape index (κ1) is 16.7. The van der Waals surface area contributed by atoms with Crippen LogP contribution in [0.1, 0.15) is 43.7 Å². The summed E-state index contributed by atoms with van der Waals surface area (Å²) in [7, 11) is -3.57. The maximum atomic E-state index is 12.6. The molecule has 1 saturated carbocycles. The van der Waals surface area contributed by atoms with Crippen molar-refractivity contribution in [1.82, 2.24) is 4.72 Å². The minimum atomic E-state index is -3.57. The van der Waals surface area contributed by atoms with Gasteiger partial charge in [-0.15, -0.1) is 0 Å². The smallest absolute Gasteiger partial charge is 0.241 e. The van der Waals surface area contributed by atoms with Crippen molar-refractivity contribution in [2.24, 2.45) is 11.7 Å². The van der Waals surface area contributed by atoms with Gasteiger partial charge in [-0.25, -0.2) is 13.1 Å². The van der Waals surface area contributed by atoms with Gasteiger partial charge in [0.25, 0.3) is 0 Å². The molecular formula is C15H23ClN2O2S. The number of rotatable bonds is 5. The molecular weight excluding hydrogens is 308 g/mol. The lowest BCUT2D eigenvalue weighted by Gasteiger charge is -2.21. The molecule has 1 atom stereocenters. The van der Waals surface area contributed by atoms with Crippen LogP contribution in [0.5, 0.6) is 0 Å². The third kappa shape index (κ3) is 3.77. The van der Waals surface area contributed by atoms with Crippen LogP contribution in [0.4, 0.5) is 0 Å². The molecule has 0 aliphatic heterocycles. The molecule has 1 aromatic rings. The van der Waals surface area contributed by atoms with Crippen molar-refractivity contribution in [1.29, 1.82) is 0 Å². The van der Waals surface area contributed by atoms with Crippen LogP contribution in [0.25, 0.3) is 0 Å². The molecule has 0 heterocycles. The van der Waals surface area contributed by atoms with Gasteiger partial charge in [-0.05, 0) is 55.9 Å². The molecule has 0 bridgehead atoms. The second-order valence-corrected chi connectivity index (χ2v) is 7.97. The molecule has 3 N–H and O–H groups in total. The molecule has 1 aliphatic rings. The first-order valence-electron chi connectivity index (χ1n) is 7.36. The van der Waals surface area contributed by atoms with E-state index in [1.165, 1.54) is 18.9 Å². The van der Waals surface area contributed by atoms with Crippen LogP contribution < -0.4 is 10.5 Å². The van der Waals surface area contributed by atoms with Crippen molar-refractivity contribution in [2.45, 2.75) is 57.0 Å². The summed E-state index contributed by atoms with van der Waals surface area (Å²) >= 11 is 6.02. The van der Waals surface area contributed by atoms with Crippen molar-refractivity contribution >= 4 is 21.6 Å². The number of sulfonamides is 1. The van der Waals surface area contributed by atoms with E-state index in [-0.39, 0.29) is 17.5 Å². The summed E-state index contributed by atoms with van der Waals surface area (Å²) in [4.78, 5) is 0.236. The summed E-state index contributed by atoms with van der Waals surface area (Å²) < 4.78 is 28.1. The molecule has 1 aliphatic carbocycles. The van der Waals surface area contributed by atoms with Crippen molar-refractivity contribution in [3.05, 3.63) is 28.3 Å². The van der Waals surface area contributed by atoms with E-state index >= 15 is 0 Å². The number of hydrogen-bond acceptors (Lipinski definition) is 3. The number of halogens is 1. The Kier molecular flexibility index (Phi) is 5.30. The zero-order valence-corrected chi connectivity index (χ0v) is 14.1. The zero-order valence-electron chi connectivity index (χ0n) is 12.5. The standard InChI is InChI=1S/C15H23ClN2O2S/c1-10-13(9-17)7-14(16)8-15(10)21(19,20)18-11(2)12-5-3-4-6-12/h7-8,11-12,18H,3-6,9,17H2,1-2H3. The van der Waals surface area contributed by atoms with Crippen molar-refractivity contribution < 1.29 is 8.42 Å². The van der Waals surface area contributed by atoms with E-state index in [4.69, 9.17) is 17.3 Å². The number of benzene rings is 1. The second-order valence-electron chi connectivity index (χ2n) is 5.85. The zero-order chi connectivity index (χ0) is 15.6. The number of nitrogens with two attached hydrogens (primary N) is 1. The van der Waals surface area contributed by atoms with Crippen LogP contribution in [0.3, 0.4) is 0 Å². The molecule has 6 heteroatoms. The Morgan fingerprint density at radius 1 is 1.38 bits per heavy atom. The molecule has 4 nitrogen and oxygen atoms in total. The monoisotopic (exact) mass is 330 g/mol. The summed E-state index contributed by atoms with van der Waals surface area (Å²) in [6.07, 6.45) is 4.55. The first-order valence-corrected chi connectivity index (χ1v) is 9.22. The maximum Gasteiger partial charge on any atom is 0.241 e. The fraction of sp³-hybridized carbons (Fsp3) is 0.600. The van der Waals surface area contributed by atoms with Gasteiger partial charge >= 0.3 is 0 Å². The molecule has 118 valence electrons. The van der Waals surface area contributed by atoms with Crippen molar-refractivity contribution in [2.75, 3.05) is 0 Å². The van der Waals surface area contributed by atoms with Crippen LogP contribution in [0.15, 0.2) is 17.0 Å². The second kappa shape index (κ2) is 6.65. The average Bonchev–Trinajstić information content (AvgIpc) is 2.94. The van der Waals surface area contributed by atoms with Crippen molar-refractivity contribution in [3.63, 3.8) is 0 Å². The van der Waals surface area contributed by atoms with E-state index in [9.17, 15) is 8.42 Å². The minimum absolute atomic E-state index is 0.0581. The maximum absolute atomic E-state index is 12.6. The van der Waals surface area contributed by atoms with Gasteiger partial charge in [-0.2, -0.15) is 0 Å². The van der Waals surface area contributed by atoms with Gasteiger partial charge in [-0.1, -0.05) is 24.4 Å². The van der Waals surface area contributed by atoms with E-state index in [1.54, 1.807) is 13.0 Å². The van der Waals surface area contributed by atoms with E-state index < -0.39 is 10.0 Å². The summed E-state index contributed by atoms with van der Waals surface area (Å²) in [5.41, 5.74) is 7.09. The highest BCUT2D eigenvalue weighted by atomic mass is 35.5. The molecule has 0 saturated heterocycles. The number of nitrogens with one attached hydrogen (secondary N) is 1. The van der Waals surface area contributed by atoms with Crippen LogP contribution in [-0.2, 0) is 16.6 Å². The predicted molar refractivity (Wildman–Crippen MR) is 85.8 cm³/mol. The lowest BCUT2D eigenvalue weighted by Crippen LogP contribution is -2.37. The average molecular weight is 331 g/mol. The van der Waals surface area contributed by atoms with Gasteiger partial charge in [0.05, 0.1) is 4.90 Å². The molecule has 1 unspecified atom stereocenters. The predicted octanol–water partition coefficient (Wildman–Crippen LogP) is 2.96.